The molecule has 3 rings (SSSR count). The molecule has 1 fully saturated rings. The van der Waals surface area contributed by atoms with E-state index in [2.05, 4.69) is 48.7 Å². The molecule has 0 saturated carbocycles. The number of hydrogen-bond acceptors (Lipinski definition) is 5. The van der Waals surface area contributed by atoms with Crippen molar-refractivity contribution in [3.63, 3.8) is 0 Å². The molecule has 1 saturated heterocycles. The van der Waals surface area contributed by atoms with Crippen LogP contribution in [-0.2, 0) is 10.9 Å². The molecule has 1 aliphatic rings. The lowest BCUT2D eigenvalue weighted by Crippen LogP contribution is -2.37. The maximum Gasteiger partial charge on any atom is 0.573 e. The summed E-state index contributed by atoms with van der Waals surface area (Å²) >= 11 is 0. The highest BCUT2D eigenvalue weighted by Gasteiger charge is 2.31. The summed E-state index contributed by atoms with van der Waals surface area (Å²) in [6.07, 6.45) is -7.51. The van der Waals surface area contributed by atoms with E-state index in [0.29, 0.717) is 18.2 Å². The molecule has 2 aromatic rings. The molecule has 42 heavy (non-hydrogen) atoms. The summed E-state index contributed by atoms with van der Waals surface area (Å²) < 4.78 is 82.9. The van der Waals surface area contributed by atoms with E-state index < -0.39 is 18.1 Å². The van der Waals surface area contributed by atoms with Crippen molar-refractivity contribution in [1.82, 2.24) is 15.5 Å². The van der Waals surface area contributed by atoms with E-state index in [1.165, 1.54) is 42.5 Å². The normalized spacial score (nSPS) is 14.8. The zero-order valence-electron chi connectivity index (χ0n) is 23.3. The van der Waals surface area contributed by atoms with Gasteiger partial charge in [0.2, 0.25) is 5.96 Å². The molecule has 2 aromatic carbocycles. The van der Waals surface area contributed by atoms with Crippen LogP contribution in [0, 0.1) is 0 Å². The van der Waals surface area contributed by atoms with E-state index >= 15 is 0 Å². The maximum atomic E-state index is 12.9. The Labute approximate surface area is 240 Å². The molecule has 1 heterocycles. The molecule has 3 N–H and O–H groups in total. The highest BCUT2D eigenvalue weighted by atomic mass is 19.4. The van der Waals surface area contributed by atoms with Gasteiger partial charge >= 0.3 is 12.5 Å². The van der Waals surface area contributed by atoms with Crippen LogP contribution < -0.4 is 20.7 Å². The van der Waals surface area contributed by atoms with Gasteiger partial charge in [0, 0.05) is 32.4 Å². The quantitative estimate of drug-likeness (QED) is 0.204. The SMILES string of the molecule is C=C(NC)NC(=NC(C)=NCCN1CCOCC1)Nc1cccc(C(F)(F)F)c1.C=Cc1ccc(OC(F)(F)F)cc1. The zero-order valence-corrected chi connectivity index (χ0v) is 23.3. The van der Waals surface area contributed by atoms with Crippen molar-refractivity contribution < 1.29 is 35.8 Å². The largest absolute Gasteiger partial charge is 0.573 e. The minimum Gasteiger partial charge on any atom is -0.406 e. The average Bonchev–Trinajstić information content (AvgIpc) is 2.93. The van der Waals surface area contributed by atoms with Gasteiger partial charge in [-0.1, -0.05) is 37.4 Å². The molecule has 1 aliphatic heterocycles. The predicted octanol–water partition coefficient (Wildman–Crippen LogP) is 5.73. The van der Waals surface area contributed by atoms with Crippen molar-refractivity contribution in [2.75, 3.05) is 51.8 Å². The fourth-order valence-electron chi connectivity index (χ4n) is 3.38. The number of aliphatic imine (C=N–C) groups is 2. The highest BCUT2D eigenvalue weighted by molar-refractivity contribution is 6.02. The predicted molar refractivity (Wildman–Crippen MR) is 152 cm³/mol. The molecular formula is C28H34F6N6O2. The third-order valence-electron chi connectivity index (χ3n) is 5.51. The molecule has 0 bridgehead atoms. The van der Waals surface area contributed by atoms with Crippen molar-refractivity contribution in [2.24, 2.45) is 9.98 Å². The monoisotopic (exact) mass is 600 g/mol. The molecular weight excluding hydrogens is 566 g/mol. The fraction of sp³-hybridized carbons (Fsp3) is 0.357. The van der Waals surface area contributed by atoms with Crippen LogP contribution in [0.1, 0.15) is 18.1 Å². The number of amidine groups is 1. The first-order chi connectivity index (χ1) is 19.8. The summed E-state index contributed by atoms with van der Waals surface area (Å²) in [6.45, 7) is 13.5. The van der Waals surface area contributed by atoms with Crippen LogP contribution in [0.25, 0.3) is 6.08 Å². The van der Waals surface area contributed by atoms with Crippen LogP contribution in [-0.4, -0.2) is 69.5 Å². The summed E-state index contributed by atoms with van der Waals surface area (Å²) in [5, 5.41) is 8.56. The number of anilines is 1. The minimum atomic E-state index is -4.63. The second kappa shape index (κ2) is 16.4. The number of halogens is 6. The van der Waals surface area contributed by atoms with Gasteiger partial charge in [-0.05, 0) is 42.8 Å². The number of nitrogens with one attached hydrogen (secondary N) is 3. The Morgan fingerprint density at radius 3 is 2.31 bits per heavy atom. The number of guanidine groups is 1. The Bertz CT molecular complexity index is 1210. The number of nitrogens with zero attached hydrogens (tertiary/aromatic N) is 3. The van der Waals surface area contributed by atoms with Gasteiger partial charge in [0.15, 0.2) is 0 Å². The summed E-state index contributed by atoms with van der Waals surface area (Å²) in [5.41, 5.74) is 0.246. The first-order valence-corrected chi connectivity index (χ1v) is 12.7. The molecule has 0 amide bonds. The van der Waals surface area contributed by atoms with Crippen molar-refractivity contribution in [3.05, 3.63) is 78.6 Å². The van der Waals surface area contributed by atoms with Crippen LogP contribution in [0.5, 0.6) is 5.75 Å². The third-order valence-corrected chi connectivity index (χ3v) is 5.51. The van der Waals surface area contributed by atoms with E-state index in [1.807, 2.05) is 0 Å². The lowest BCUT2D eigenvalue weighted by molar-refractivity contribution is -0.274. The lowest BCUT2D eigenvalue weighted by atomic mass is 10.2. The van der Waals surface area contributed by atoms with Gasteiger partial charge in [-0.3, -0.25) is 9.89 Å². The number of benzene rings is 2. The number of ether oxygens (including phenoxy) is 2. The van der Waals surface area contributed by atoms with E-state index in [0.717, 1.165) is 50.5 Å². The first kappa shape index (κ1) is 34.2. The molecule has 0 radical (unpaired) electrons. The Kier molecular flexibility index (Phi) is 13.4. The molecule has 0 aromatic heterocycles. The number of alkyl halides is 6. The highest BCUT2D eigenvalue weighted by Crippen LogP contribution is 2.30. The van der Waals surface area contributed by atoms with E-state index in [4.69, 9.17) is 4.74 Å². The maximum absolute atomic E-state index is 12.9. The Morgan fingerprint density at radius 1 is 1.07 bits per heavy atom. The Balaban J connectivity index is 0.000000395. The van der Waals surface area contributed by atoms with Crippen LogP contribution >= 0.6 is 0 Å². The van der Waals surface area contributed by atoms with Crippen molar-refractivity contribution in [3.8, 4) is 5.75 Å². The van der Waals surface area contributed by atoms with Gasteiger partial charge in [0.1, 0.15) is 11.6 Å². The van der Waals surface area contributed by atoms with Crippen molar-refractivity contribution >= 4 is 23.6 Å². The zero-order chi connectivity index (χ0) is 31.2. The molecule has 8 nitrogen and oxygen atoms in total. The van der Waals surface area contributed by atoms with E-state index in [1.54, 1.807) is 14.0 Å². The second-order valence-electron chi connectivity index (χ2n) is 8.72. The third kappa shape index (κ3) is 13.5. The average molecular weight is 601 g/mol. The van der Waals surface area contributed by atoms with Gasteiger partial charge in [0.25, 0.3) is 0 Å². The van der Waals surface area contributed by atoms with Crippen molar-refractivity contribution in [2.45, 2.75) is 19.5 Å². The number of rotatable bonds is 8. The van der Waals surface area contributed by atoms with E-state index in [-0.39, 0.29) is 17.4 Å². The standard InChI is InChI=1S/C19H27F3N6O.C9H7F3O/c1-14(23-3)25-18(27-17-6-4-5-16(13-17)19(20,21)22)26-15(2)24-7-8-28-9-11-29-12-10-28;1-2-7-3-5-8(6-4-7)13-9(10,11)12/h4-6,13,23H,1,7-12H2,2-3H3,(H2,24,25,26,27);2-6H,1H2. The first-order valence-electron chi connectivity index (χ1n) is 12.7. The topological polar surface area (TPSA) is 82.5 Å². The molecule has 0 unspecified atom stereocenters. The van der Waals surface area contributed by atoms with Crippen molar-refractivity contribution in [1.29, 1.82) is 0 Å². The van der Waals surface area contributed by atoms with Crippen LogP contribution in [0.3, 0.4) is 0 Å². The Morgan fingerprint density at radius 2 is 1.74 bits per heavy atom. The smallest absolute Gasteiger partial charge is 0.406 e. The molecule has 0 spiro atoms. The second-order valence-corrected chi connectivity index (χ2v) is 8.72. The number of hydrogen-bond donors (Lipinski definition) is 3. The fourth-order valence-corrected chi connectivity index (χ4v) is 3.38. The number of morpholine rings is 1. The lowest BCUT2D eigenvalue weighted by Gasteiger charge is -2.25. The van der Waals surface area contributed by atoms with Crippen LogP contribution in [0.2, 0.25) is 0 Å². The summed E-state index contributed by atoms with van der Waals surface area (Å²) in [6, 6.07) is 10.4. The summed E-state index contributed by atoms with van der Waals surface area (Å²) in [7, 11) is 1.67. The van der Waals surface area contributed by atoms with Gasteiger partial charge < -0.3 is 25.4 Å². The van der Waals surface area contributed by atoms with Gasteiger partial charge in [-0.2, -0.15) is 13.2 Å². The van der Waals surface area contributed by atoms with Crippen LogP contribution in [0.15, 0.2) is 77.5 Å². The molecule has 0 atom stereocenters. The van der Waals surface area contributed by atoms with E-state index in [9.17, 15) is 26.3 Å². The summed E-state index contributed by atoms with van der Waals surface area (Å²) in [5.74, 6) is 0.919. The molecule has 230 valence electrons. The van der Waals surface area contributed by atoms with Crippen LogP contribution in [0.4, 0.5) is 32.0 Å². The minimum absolute atomic E-state index is 0.219. The van der Waals surface area contributed by atoms with Gasteiger partial charge in [-0.15, -0.1) is 13.2 Å². The van der Waals surface area contributed by atoms with Gasteiger partial charge in [0.05, 0.1) is 31.1 Å². The Hall–Kier alpha value is -4.04. The van der Waals surface area contributed by atoms with Gasteiger partial charge in [-0.25, -0.2) is 4.99 Å². The molecule has 14 heteroatoms. The summed E-state index contributed by atoms with van der Waals surface area (Å²) in [4.78, 5) is 11.0. The molecule has 0 aliphatic carbocycles.